The molecule has 0 radical (unpaired) electrons. The van der Waals surface area contributed by atoms with Crippen LogP contribution >= 0.6 is 11.3 Å². The molecule has 1 aromatic carbocycles. The SMILES string of the molecule is Cc1cc(N2CCN(C(=O)c3cc(-c4cccs4)nc4ccccc34)CC2)nc(C(C)C)n1. The molecule has 168 valence electrons. The van der Waals surface area contributed by atoms with Gasteiger partial charge in [0.1, 0.15) is 11.6 Å². The molecule has 0 N–H and O–H groups in total. The zero-order valence-corrected chi connectivity index (χ0v) is 20.0. The molecule has 1 amide bonds. The molecule has 4 aromatic rings. The Bertz CT molecular complexity index is 1290. The highest BCUT2D eigenvalue weighted by molar-refractivity contribution is 7.13. The molecule has 6 nitrogen and oxygen atoms in total. The van der Waals surface area contributed by atoms with Gasteiger partial charge < -0.3 is 9.80 Å². The average Bonchev–Trinajstić information content (AvgIpc) is 3.38. The number of hydrogen-bond donors (Lipinski definition) is 0. The number of nitrogens with zero attached hydrogens (tertiary/aromatic N) is 5. The van der Waals surface area contributed by atoms with Crippen LogP contribution in [0.3, 0.4) is 0 Å². The van der Waals surface area contributed by atoms with E-state index in [1.54, 1.807) is 11.3 Å². The van der Waals surface area contributed by atoms with E-state index in [9.17, 15) is 4.79 Å². The van der Waals surface area contributed by atoms with Crippen LogP contribution in [0, 0.1) is 6.92 Å². The number of thiophene rings is 1. The molecule has 4 heterocycles. The van der Waals surface area contributed by atoms with Crippen molar-refractivity contribution < 1.29 is 4.79 Å². The Morgan fingerprint density at radius 3 is 2.48 bits per heavy atom. The van der Waals surface area contributed by atoms with Crippen LogP contribution in [0.2, 0.25) is 0 Å². The van der Waals surface area contributed by atoms with E-state index in [0.717, 1.165) is 57.5 Å². The first-order valence-corrected chi connectivity index (χ1v) is 12.2. The maximum atomic E-state index is 13.6. The minimum absolute atomic E-state index is 0.0628. The van der Waals surface area contributed by atoms with Crippen LogP contribution < -0.4 is 4.90 Å². The van der Waals surface area contributed by atoms with E-state index >= 15 is 0 Å². The van der Waals surface area contributed by atoms with Crippen molar-refractivity contribution in [1.29, 1.82) is 0 Å². The molecule has 0 saturated carbocycles. The smallest absolute Gasteiger partial charge is 0.254 e. The summed E-state index contributed by atoms with van der Waals surface area (Å²) in [5, 5.41) is 2.94. The number of benzene rings is 1. The molecule has 5 rings (SSSR count). The first-order chi connectivity index (χ1) is 16.0. The number of rotatable bonds is 4. The van der Waals surface area contributed by atoms with Crippen molar-refractivity contribution in [1.82, 2.24) is 19.9 Å². The highest BCUT2D eigenvalue weighted by Gasteiger charge is 2.25. The highest BCUT2D eigenvalue weighted by Crippen LogP contribution is 2.29. The fourth-order valence-electron chi connectivity index (χ4n) is 4.21. The maximum Gasteiger partial charge on any atom is 0.254 e. The normalized spacial score (nSPS) is 14.3. The zero-order valence-electron chi connectivity index (χ0n) is 19.2. The molecule has 1 aliphatic heterocycles. The van der Waals surface area contributed by atoms with Crippen molar-refractivity contribution in [2.45, 2.75) is 26.7 Å². The van der Waals surface area contributed by atoms with Crippen molar-refractivity contribution in [3.05, 3.63) is 71.0 Å². The Labute approximate surface area is 197 Å². The second-order valence-electron chi connectivity index (χ2n) is 8.71. The number of anilines is 1. The lowest BCUT2D eigenvalue weighted by atomic mass is 10.1. The zero-order chi connectivity index (χ0) is 22.9. The summed E-state index contributed by atoms with van der Waals surface area (Å²) >= 11 is 1.64. The van der Waals surface area contributed by atoms with E-state index in [-0.39, 0.29) is 11.8 Å². The van der Waals surface area contributed by atoms with E-state index in [2.05, 4.69) is 23.7 Å². The summed E-state index contributed by atoms with van der Waals surface area (Å²) in [5.74, 6) is 2.16. The Hall–Kier alpha value is -3.32. The third kappa shape index (κ3) is 4.33. The minimum Gasteiger partial charge on any atom is -0.353 e. The predicted octanol–water partition coefficient (Wildman–Crippen LogP) is 5.15. The molecule has 0 aliphatic carbocycles. The maximum absolute atomic E-state index is 13.6. The van der Waals surface area contributed by atoms with Crippen molar-refractivity contribution >= 4 is 34.0 Å². The molecule has 0 spiro atoms. The lowest BCUT2D eigenvalue weighted by molar-refractivity contribution is 0.0748. The predicted molar refractivity (Wildman–Crippen MR) is 134 cm³/mol. The molecule has 3 aromatic heterocycles. The fourth-order valence-corrected chi connectivity index (χ4v) is 4.89. The molecular formula is C26H27N5OS. The van der Waals surface area contributed by atoms with Gasteiger partial charge in [-0.3, -0.25) is 4.79 Å². The number of aromatic nitrogens is 3. The van der Waals surface area contributed by atoms with Gasteiger partial charge in [0, 0.05) is 49.2 Å². The van der Waals surface area contributed by atoms with E-state index in [1.807, 2.05) is 65.7 Å². The van der Waals surface area contributed by atoms with Gasteiger partial charge in [-0.1, -0.05) is 38.1 Å². The lowest BCUT2D eigenvalue weighted by Gasteiger charge is -2.36. The molecule has 1 saturated heterocycles. The summed E-state index contributed by atoms with van der Waals surface area (Å²) < 4.78 is 0. The number of pyridine rings is 1. The third-order valence-electron chi connectivity index (χ3n) is 5.99. The summed E-state index contributed by atoms with van der Waals surface area (Å²) in [6.07, 6.45) is 0. The van der Waals surface area contributed by atoms with Crippen LogP contribution in [-0.4, -0.2) is 51.9 Å². The monoisotopic (exact) mass is 457 g/mol. The van der Waals surface area contributed by atoms with Crippen LogP contribution in [0.15, 0.2) is 53.9 Å². The number of para-hydroxylation sites is 1. The third-order valence-corrected chi connectivity index (χ3v) is 6.88. The van der Waals surface area contributed by atoms with Gasteiger partial charge >= 0.3 is 0 Å². The number of amides is 1. The molecule has 0 atom stereocenters. The minimum atomic E-state index is 0.0628. The van der Waals surface area contributed by atoms with Crippen molar-refractivity contribution in [2.75, 3.05) is 31.1 Å². The molecule has 7 heteroatoms. The number of hydrogen-bond acceptors (Lipinski definition) is 6. The molecule has 1 aliphatic rings. The van der Waals surface area contributed by atoms with Crippen LogP contribution in [-0.2, 0) is 0 Å². The van der Waals surface area contributed by atoms with Gasteiger partial charge in [-0.25, -0.2) is 15.0 Å². The molecular weight excluding hydrogens is 430 g/mol. The molecule has 1 fully saturated rings. The van der Waals surface area contributed by atoms with Crippen molar-refractivity contribution in [2.24, 2.45) is 0 Å². The Balaban J connectivity index is 1.40. The summed E-state index contributed by atoms with van der Waals surface area (Å²) in [4.78, 5) is 33.0. The van der Waals surface area contributed by atoms with E-state index < -0.39 is 0 Å². The average molecular weight is 458 g/mol. The van der Waals surface area contributed by atoms with Gasteiger partial charge in [-0.15, -0.1) is 11.3 Å². The topological polar surface area (TPSA) is 62.2 Å². The van der Waals surface area contributed by atoms with Crippen molar-refractivity contribution in [3.8, 4) is 10.6 Å². The Morgan fingerprint density at radius 1 is 0.970 bits per heavy atom. The number of carbonyl (C=O) groups excluding carboxylic acids is 1. The van der Waals surface area contributed by atoms with Crippen LogP contribution in [0.4, 0.5) is 5.82 Å². The van der Waals surface area contributed by atoms with Gasteiger partial charge in [0.2, 0.25) is 0 Å². The molecule has 0 unspecified atom stereocenters. The number of fused-ring (bicyclic) bond motifs is 1. The van der Waals surface area contributed by atoms with Gasteiger partial charge in [-0.2, -0.15) is 0 Å². The van der Waals surface area contributed by atoms with Gasteiger partial charge in [-0.05, 0) is 30.5 Å². The van der Waals surface area contributed by atoms with E-state index in [4.69, 9.17) is 9.97 Å². The largest absolute Gasteiger partial charge is 0.353 e. The van der Waals surface area contributed by atoms with Gasteiger partial charge in [0.25, 0.3) is 5.91 Å². The van der Waals surface area contributed by atoms with E-state index in [0.29, 0.717) is 13.1 Å². The van der Waals surface area contributed by atoms with Gasteiger partial charge in [0.15, 0.2) is 0 Å². The molecule has 33 heavy (non-hydrogen) atoms. The van der Waals surface area contributed by atoms with Crippen molar-refractivity contribution in [3.63, 3.8) is 0 Å². The quantitative estimate of drug-likeness (QED) is 0.424. The van der Waals surface area contributed by atoms with E-state index in [1.165, 1.54) is 0 Å². The van der Waals surface area contributed by atoms with Crippen LogP contribution in [0.5, 0.6) is 0 Å². The summed E-state index contributed by atoms with van der Waals surface area (Å²) in [6, 6.07) is 15.9. The second-order valence-corrected chi connectivity index (χ2v) is 9.66. The molecule has 0 bridgehead atoms. The lowest BCUT2D eigenvalue weighted by Crippen LogP contribution is -2.49. The summed E-state index contributed by atoms with van der Waals surface area (Å²) in [7, 11) is 0. The number of aryl methyl sites for hydroxylation is 1. The first-order valence-electron chi connectivity index (χ1n) is 11.3. The number of carbonyl (C=O) groups is 1. The van der Waals surface area contributed by atoms with Gasteiger partial charge in [0.05, 0.1) is 21.7 Å². The Morgan fingerprint density at radius 2 is 1.76 bits per heavy atom. The Kier molecular flexibility index (Phi) is 5.81. The highest BCUT2D eigenvalue weighted by atomic mass is 32.1. The number of piperazine rings is 1. The summed E-state index contributed by atoms with van der Waals surface area (Å²) in [5.41, 5.74) is 3.40. The second kappa shape index (κ2) is 8.90. The van der Waals surface area contributed by atoms with Crippen LogP contribution in [0.1, 0.15) is 41.6 Å². The van der Waals surface area contributed by atoms with Crippen LogP contribution in [0.25, 0.3) is 21.5 Å². The fraction of sp³-hybridized carbons (Fsp3) is 0.308. The first kappa shape index (κ1) is 21.5. The summed E-state index contributed by atoms with van der Waals surface area (Å²) in [6.45, 7) is 9.04. The standard InChI is InChI=1S/C26H27N5OS/c1-17(2)25-27-18(3)15-24(29-25)30-10-12-31(13-11-30)26(32)20-16-22(23-9-6-14-33-23)28-21-8-5-4-7-19(20)21/h4-9,14-17H,10-13H2,1-3H3.